The molecule has 0 aliphatic heterocycles. The number of ether oxygens (including phenoxy) is 1. The van der Waals surface area contributed by atoms with Crippen molar-refractivity contribution >= 4 is 40.0 Å². The Kier molecular flexibility index (Phi) is 6.99. The monoisotopic (exact) mass is 428 g/mol. The zero-order valence-corrected chi connectivity index (χ0v) is 17.8. The van der Waals surface area contributed by atoms with Crippen LogP contribution in [0.25, 0.3) is 6.08 Å². The van der Waals surface area contributed by atoms with Crippen LogP contribution < -0.4 is 5.32 Å². The highest BCUT2D eigenvalue weighted by Crippen LogP contribution is 2.40. The number of non-ortho nitro benzene ring substituents is 1. The summed E-state index contributed by atoms with van der Waals surface area (Å²) in [5.41, 5.74) is 2.13. The number of anilines is 1. The number of nitro benzene ring substituents is 1. The largest absolute Gasteiger partial charge is 0.462 e. The Bertz CT molecular complexity index is 978. The summed E-state index contributed by atoms with van der Waals surface area (Å²) in [7, 11) is 0. The minimum absolute atomic E-state index is 0.00905. The van der Waals surface area contributed by atoms with Gasteiger partial charge < -0.3 is 10.1 Å². The average molecular weight is 429 g/mol. The molecule has 1 atom stereocenters. The van der Waals surface area contributed by atoms with E-state index in [1.807, 2.05) is 6.92 Å². The SMILES string of the molecule is CCCOC(=O)c1c(NC(=O)/C=C/c2ccc([N+](=O)[O-])cc2)sc2c1CCC(C)C2. The van der Waals surface area contributed by atoms with E-state index in [-0.39, 0.29) is 11.6 Å². The van der Waals surface area contributed by atoms with Gasteiger partial charge in [0.1, 0.15) is 5.00 Å². The fraction of sp³-hybridized carbons (Fsp3) is 0.364. The predicted molar refractivity (Wildman–Crippen MR) is 117 cm³/mol. The fourth-order valence-electron chi connectivity index (χ4n) is 3.35. The van der Waals surface area contributed by atoms with Gasteiger partial charge in [0.25, 0.3) is 5.69 Å². The molecule has 1 N–H and O–H groups in total. The zero-order chi connectivity index (χ0) is 21.7. The van der Waals surface area contributed by atoms with Gasteiger partial charge in [0, 0.05) is 23.1 Å². The van der Waals surface area contributed by atoms with Gasteiger partial charge >= 0.3 is 5.97 Å². The Morgan fingerprint density at radius 3 is 2.73 bits per heavy atom. The van der Waals surface area contributed by atoms with E-state index in [0.717, 1.165) is 36.1 Å². The normalized spacial score (nSPS) is 15.6. The maximum absolute atomic E-state index is 12.6. The molecule has 0 fully saturated rings. The summed E-state index contributed by atoms with van der Waals surface area (Å²) < 4.78 is 5.35. The number of thiophene rings is 1. The van der Waals surface area contributed by atoms with Gasteiger partial charge in [0.2, 0.25) is 5.91 Å². The maximum Gasteiger partial charge on any atom is 0.341 e. The average Bonchev–Trinajstić information content (AvgIpc) is 3.07. The van der Waals surface area contributed by atoms with Gasteiger partial charge in [-0.25, -0.2) is 4.79 Å². The van der Waals surface area contributed by atoms with Crippen LogP contribution in [0, 0.1) is 16.0 Å². The minimum atomic E-state index is -0.473. The minimum Gasteiger partial charge on any atom is -0.462 e. The highest BCUT2D eigenvalue weighted by Gasteiger charge is 2.29. The van der Waals surface area contributed by atoms with Gasteiger partial charge in [-0.3, -0.25) is 14.9 Å². The number of carbonyl (C=O) groups is 2. The molecule has 1 heterocycles. The Balaban J connectivity index is 1.78. The number of nitrogens with one attached hydrogen (secondary N) is 1. The molecule has 1 unspecified atom stereocenters. The summed E-state index contributed by atoms with van der Waals surface area (Å²) in [4.78, 5) is 36.5. The van der Waals surface area contributed by atoms with Crippen LogP contribution in [0.3, 0.4) is 0 Å². The smallest absolute Gasteiger partial charge is 0.341 e. The summed E-state index contributed by atoms with van der Waals surface area (Å²) >= 11 is 1.44. The van der Waals surface area contributed by atoms with Crippen LogP contribution in [-0.2, 0) is 22.4 Å². The van der Waals surface area contributed by atoms with Crippen LogP contribution in [0.4, 0.5) is 10.7 Å². The second-order valence-electron chi connectivity index (χ2n) is 7.36. The molecule has 0 spiro atoms. The Morgan fingerprint density at radius 1 is 1.33 bits per heavy atom. The molecule has 0 bridgehead atoms. The van der Waals surface area contributed by atoms with Gasteiger partial charge in [-0.1, -0.05) is 13.8 Å². The van der Waals surface area contributed by atoms with Gasteiger partial charge in [-0.15, -0.1) is 11.3 Å². The molecule has 0 radical (unpaired) electrons. The van der Waals surface area contributed by atoms with Crippen LogP contribution in [0.1, 0.15) is 53.1 Å². The van der Waals surface area contributed by atoms with Gasteiger partial charge in [0.15, 0.2) is 0 Å². The molecule has 1 amide bonds. The molecule has 7 nitrogen and oxygen atoms in total. The number of nitrogens with zero attached hydrogens (tertiary/aromatic N) is 1. The molecule has 0 saturated carbocycles. The van der Waals surface area contributed by atoms with Crippen LogP contribution in [0.2, 0.25) is 0 Å². The molecule has 158 valence electrons. The third-order valence-corrected chi connectivity index (χ3v) is 6.09. The molecule has 1 aliphatic carbocycles. The number of esters is 1. The molecule has 1 aromatic carbocycles. The lowest BCUT2D eigenvalue weighted by atomic mass is 9.88. The van der Waals surface area contributed by atoms with E-state index in [0.29, 0.717) is 28.7 Å². The predicted octanol–water partition coefficient (Wildman–Crippen LogP) is 5.00. The van der Waals surface area contributed by atoms with Crippen molar-refractivity contribution in [3.63, 3.8) is 0 Å². The number of nitro groups is 1. The van der Waals surface area contributed by atoms with E-state index >= 15 is 0 Å². The van der Waals surface area contributed by atoms with E-state index in [2.05, 4.69) is 12.2 Å². The number of hydrogen-bond donors (Lipinski definition) is 1. The second kappa shape index (κ2) is 9.67. The van der Waals surface area contributed by atoms with Crippen LogP contribution in [-0.4, -0.2) is 23.4 Å². The zero-order valence-electron chi connectivity index (χ0n) is 17.0. The van der Waals surface area contributed by atoms with Crippen molar-refractivity contribution in [3.8, 4) is 0 Å². The number of rotatable bonds is 7. The van der Waals surface area contributed by atoms with E-state index in [1.165, 1.54) is 29.5 Å². The molecule has 1 aromatic heterocycles. The third-order valence-electron chi connectivity index (χ3n) is 4.92. The standard InChI is InChI=1S/C22H24N2O5S/c1-3-12-29-22(26)20-17-10-4-14(2)13-18(17)30-21(20)23-19(25)11-7-15-5-8-16(9-6-15)24(27)28/h5-9,11,14H,3-4,10,12-13H2,1-2H3,(H,23,25)/b11-7+. The number of benzene rings is 1. The fourth-order valence-corrected chi connectivity index (χ4v) is 4.76. The van der Waals surface area contributed by atoms with E-state index in [1.54, 1.807) is 18.2 Å². The lowest BCUT2D eigenvalue weighted by Crippen LogP contribution is -2.16. The number of fused-ring (bicyclic) bond motifs is 1. The molecular weight excluding hydrogens is 404 g/mol. The lowest BCUT2D eigenvalue weighted by Gasteiger charge is -2.18. The van der Waals surface area contributed by atoms with Crippen LogP contribution in [0.5, 0.6) is 0 Å². The van der Waals surface area contributed by atoms with Crippen molar-refractivity contribution in [2.75, 3.05) is 11.9 Å². The van der Waals surface area contributed by atoms with Crippen LogP contribution in [0.15, 0.2) is 30.3 Å². The summed E-state index contributed by atoms with van der Waals surface area (Å²) in [5.74, 6) is -0.218. The molecule has 2 aromatic rings. The number of carbonyl (C=O) groups excluding carboxylic acids is 2. The van der Waals surface area contributed by atoms with E-state index in [4.69, 9.17) is 4.74 Å². The van der Waals surface area contributed by atoms with Crippen molar-refractivity contribution in [2.24, 2.45) is 5.92 Å². The molecule has 8 heteroatoms. The lowest BCUT2D eigenvalue weighted by molar-refractivity contribution is -0.384. The number of amides is 1. The first-order chi connectivity index (χ1) is 14.4. The van der Waals surface area contributed by atoms with Crippen molar-refractivity contribution in [1.82, 2.24) is 0 Å². The number of hydrogen-bond acceptors (Lipinski definition) is 6. The van der Waals surface area contributed by atoms with E-state index in [9.17, 15) is 19.7 Å². The third kappa shape index (κ3) is 5.13. The van der Waals surface area contributed by atoms with Crippen molar-refractivity contribution in [1.29, 1.82) is 0 Å². The van der Waals surface area contributed by atoms with Crippen molar-refractivity contribution < 1.29 is 19.2 Å². The van der Waals surface area contributed by atoms with Crippen molar-refractivity contribution in [2.45, 2.75) is 39.5 Å². The Labute approximate surface area is 178 Å². The van der Waals surface area contributed by atoms with Gasteiger partial charge in [0.05, 0.1) is 17.1 Å². The second-order valence-corrected chi connectivity index (χ2v) is 8.47. The highest BCUT2D eigenvalue weighted by atomic mass is 32.1. The van der Waals surface area contributed by atoms with Crippen LogP contribution >= 0.6 is 11.3 Å². The molecule has 3 rings (SSSR count). The maximum atomic E-state index is 12.6. The summed E-state index contributed by atoms with van der Waals surface area (Å²) in [6.45, 7) is 4.46. The molecule has 1 aliphatic rings. The molecule has 30 heavy (non-hydrogen) atoms. The molecule has 0 saturated heterocycles. The first-order valence-corrected chi connectivity index (χ1v) is 10.8. The van der Waals surface area contributed by atoms with Crippen molar-refractivity contribution in [3.05, 3.63) is 62.0 Å². The summed E-state index contributed by atoms with van der Waals surface area (Å²) in [6.07, 6.45) is 6.36. The quantitative estimate of drug-likeness (QED) is 0.290. The topological polar surface area (TPSA) is 98.5 Å². The molecular formula is C22H24N2O5S. The highest BCUT2D eigenvalue weighted by molar-refractivity contribution is 7.17. The first-order valence-electron chi connectivity index (χ1n) is 9.94. The first kappa shape index (κ1) is 21.7. The summed E-state index contributed by atoms with van der Waals surface area (Å²) in [5, 5.41) is 14.1. The van der Waals surface area contributed by atoms with Gasteiger partial charge in [-0.05, 0) is 60.9 Å². The summed E-state index contributed by atoms with van der Waals surface area (Å²) in [6, 6.07) is 5.91. The van der Waals surface area contributed by atoms with E-state index < -0.39 is 10.9 Å². The van der Waals surface area contributed by atoms with Gasteiger partial charge in [-0.2, -0.15) is 0 Å². The Morgan fingerprint density at radius 2 is 2.07 bits per heavy atom. The Hall–Kier alpha value is -3.00.